The Balaban J connectivity index is 5.25. The van der Waals surface area contributed by atoms with E-state index in [0.717, 1.165) is 121 Å². The predicted molar refractivity (Wildman–Crippen MR) is 377 cm³/mol. The van der Waals surface area contributed by atoms with Crippen molar-refractivity contribution in [3.8, 4) is 0 Å². The van der Waals surface area contributed by atoms with Gasteiger partial charge in [0.1, 0.15) is 19.3 Å². The number of esters is 4. The van der Waals surface area contributed by atoms with E-state index >= 15 is 0 Å². The van der Waals surface area contributed by atoms with Gasteiger partial charge in [-0.15, -0.1) is 0 Å². The van der Waals surface area contributed by atoms with Gasteiger partial charge in [-0.3, -0.25) is 37.3 Å². The number of aliphatic hydroxyl groups excluding tert-OH is 1. The molecule has 0 rings (SSSR count). The topological polar surface area (TPSA) is 237 Å². The van der Waals surface area contributed by atoms with Gasteiger partial charge in [0, 0.05) is 25.7 Å². The van der Waals surface area contributed by atoms with Crippen molar-refractivity contribution in [2.24, 2.45) is 17.8 Å². The second-order valence-electron chi connectivity index (χ2n) is 27.2. The summed E-state index contributed by atoms with van der Waals surface area (Å²) in [5, 5.41) is 10.6. The zero-order valence-electron chi connectivity index (χ0n) is 60.2. The molecule has 0 fully saturated rings. The molecule has 0 bridgehead atoms. The van der Waals surface area contributed by atoms with E-state index < -0.39 is 97.5 Å². The largest absolute Gasteiger partial charge is 0.472 e. The van der Waals surface area contributed by atoms with Gasteiger partial charge in [-0.05, 0) is 69.1 Å². The molecule has 93 heavy (non-hydrogen) atoms. The number of carbonyl (C=O) groups excluding carboxylic acids is 4. The highest BCUT2D eigenvalue weighted by Gasteiger charge is 2.30. The number of carbonyl (C=O) groups is 4. The summed E-state index contributed by atoms with van der Waals surface area (Å²) in [7, 11) is -9.92. The first-order valence-electron chi connectivity index (χ1n) is 37.7. The average Bonchev–Trinajstić information content (AvgIpc) is 3.17. The molecule has 0 aromatic heterocycles. The summed E-state index contributed by atoms with van der Waals surface area (Å²) in [5.74, 6) is 0.0958. The Morgan fingerprint density at radius 2 is 0.634 bits per heavy atom. The van der Waals surface area contributed by atoms with Crippen molar-refractivity contribution in [1.29, 1.82) is 0 Å². The molecule has 4 unspecified atom stereocenters. The molecule has 0 heterocycles. The van der Waals surface area contributed by atoms with E-state index in [1.54, 1.807) is 0 Å². The van der Waals surface area contributed by atoms with Crippen LogP contribution in [0.5, 0.6) is 0 Å². The van der Waals surface area contributed by atoms with Crippen LogP contribution in [-0.4, -0.2) is 96.7 Å². The van der Waals surface area contributed by atoms with Crippen molar-refractivity contribution in [3.63, 3.8) is 0 Å². The van der Waals surface area contributed by atoms with Crippen molar-refractivity contribution in [2.45, 2.75) is 369 Å². The van der Waals surface area contributed by atoms with Crippen molar-refractivity contribution < 1.29 is 80.2 Å². The second kappa shape index (κ2) is 64.2. The number of unbranched alkanes of at least 4 members (excludes halogenated alkanes) is 34. The first kappa shape index (κ1) is 90.5. The SMILES string of the molecule is CCCCCC/C=C\C=C/CCCCCCCC(=O)O[C@H](COC(=O)CCCCCCCCCC(C)C)COP(=O)(O)OCC(O)COP(=O)(O)OC[C@@H](COC(=O)CCCCCCCCCC(C)C)OC(=O)CCCCCCCCCCCCCCCCC(C)CC. The van der Waals surface area contributed by atoms with Crippen LogP contribution in [0.3, 0.4) is 0 Å². The number of rotatable bonds is 70. The van der Waals surface area contributed by atoms with Gasteiger partial charge in [0.25, 0.3) is 0 Å². The summed E-state index contributed by atoms with van der Waals surface area (Å²) in [6.45, 7) is 11.7. The minimum Gasteiger partial charge on any atom is -0.462 e. The van der Waals surface area contributed by atoms with E-state index in [9.17, 15) is 43.2 Å². The van der Waals surface area contributed by atoms with Crippen LogP contribution in [0, 0.1) is 17.8 Å². The number of phosphoric ester groups is 2. The van der Waals surface area contributed by atoms with Crippen molar-refractivity contribution in [1.82, 2.24) is 0 Å². The molecule has 0 aliphatic heterocycles. The van der Waals surface area contributed by atoms with Crippen LogP contribution in [0.25, 0.3) is 0 Å². The molecule has 0 aromatic rings. The van der Waals surface area contributed by atoms with Gasteiger partial charge in [0.2, 0.25) is 0 Å². The normalized spacial score (nSPS) is 14.6. The van der Waals surface area contributed by atoms with E-state index in [-0.39, 0.29) is 25.7 Å². The molecule has 0 aromatic carbocycles. The molecule has 19 heteroatoms. The predicted octanol–water partition coefficient (Wildman–Crippen LogP) is 21.0. The molecule has 6 atom stereocenters. The zero-order chi connectivity index (χ0) is 68.7. The van der Waals surface area contributed by atoms with Crippen LogP contribution in [0.4, 0.5) is 0 Å². The fourth-order valence-electron chi connectivity index (χ4n) is 10.7. The van der Waals surface area contributed by atoms with Gasteiger partial charge < -0.3 is 33.8 Å². The summed E-state index contributed by atoms with van der Waals surface area (Å²) in [5.41, 5.74) is 0. The van der Waals surface area contributed by atoms with Crippen molar-refractivity contribution in [3.05, 3.63) is 24.3 Å². The number of hydrogen-bond acceptors (Lipinski definition) is 15. The third-order valence-electron chi connectivity index (χ3n) is 16.9. The van der Waals surface area contributed by atoms with Crippen LogP contribution < -0.4 is 0 Å². The Morgan fingerprint density at radius 1 is 0.355 bits per heavy atom. The quantitative estimate of drug-likeness (QED) is 0.0169. The van der Waals surface area contributed by atoms with Gasteiger partial charge in [0.15, 0.2) is 12.2 Å². The molecule has 17 nitrogen and oxygen atoms in total. The summed E-state index contributed by atoms with van der Waals surface area (Å²) in [4.78, 5) is 72.6. The molecule has 0 aliphatic carbocycles. The number of phosphoric acid groups is 2. The van der Waals surface area contributed by atoms with E-state index in [4.69, 9.17) is 37.0 Å². The van der Waals surface area contributed by atoms with E-state index in [1.165, 1.54) is 135 Å². The van der Waals surface area contributed by atoms with E-state index in [0.29, 0.717) is 37.5 Å². The summed E-state index contributed by atoms with van der Waals surface area (Å²) >= 11 is 0. The molecule has 0 radical (unpaired) electrons. The summed E-state index contributed by atoms with van der Waals surface area (Å²) < 4.78 is 68.3. The molecule has 0 spiro atoms. The third-order valence-corrected chi connectivity index (χ3v) is 18.8. The van der Waals surface area contributed by atoms with Crippen molar-refractivity contribution >= 4 is 39.5 Å². The van der Waals surface area contributed by atoms with Gasteiger partial charge in [-0.1, -0.05) is 297 Å². The highest BCUT2D eigenvalue weighted by Crippen LogP contribution is 2.45. The first-order chi connectivity index (χ1) is 44.8. The minimum atomic E-state index is -4.96. The van der Waals surface area contributed by atoms with Crippen LogP contribution in [0.1, 0.15) is 350 Å². The molecule has 0 saturated heterocycles. The Labute approximate surface area is 567 Å². The number of aliphatic hydroxyl groups is 1. The Bertz CT molecular complexity index is 1910. The molecular formula is C74H140O17P2. The zero-order valence-corrected chi connectivity index (χ0v) is 62.0. The molecule has 0 saturated carbocycles. The lowest BCUT2D eigenvalue weighted by Crippen LogP contribution is -2.30. The van der Waals surface area contributed by atoms with E-state index in [2.05, 4.69) is 72.8 Å². The molecule has 548 valence electrons. The first-order valence-corrected chi connectivity index (χ1v) is 40.7. The number of allylic oxidation sites excluding steroid dienone is 4. The van der Waals surface area contributed by atoms with Crippen molar-refractivity contribution in [2.75, 3.05) is 39.6 Å². The number of ether oxygens (including phenoxy) is 4. The van der Waals surface area contributed by atoms with E-state index in [1.807, 2.05) is 0 Å². The third kappa shape index (κ3) is 66.6. The second-order valence-corrected chi connectivity index (χ2v) is 30.1. The van der Waals surface area contributed by atoms with Gasteiger partial charge >= 0.3 is 39.5 Å². The monoisotopic (exact) mass is 1360 g/mol. The highest BCUT2D eigenvalue weighted by atomic mass is 31.2. The molecule has 0 aliphatic rings. The smallest absolute Gasteiger partial charge is 0.462 e. The van der Waals surface area contributed by atoms with Crippen LogP contribution in [0.2, 0.25) is 0 Å². The maximum atomic E-state index is 13.0. The lowest BCUT2D eigenvalue weighted by atomic mass is 9.99. The lowest BCUT2D eigenvalue weighted by Gasteiger charge is -2.21. The van der Waals surface area contributed by atoms with Crippen LogP contribution in [-0.2, 0) is 65.4 Å². The highest BCUT2D eigenvalue weighted by molar-refractivity contribution is 7.47. The van der Waals surface area contributed by atoms with Crippen LogP contribution >= 0.6 is 15.6 Å². The standard InChI is InChI=1S/C74H140O17P2/c1-8-10-11-12-13-14-15-16-17-21-24-27-34-43-50-57-73(78)90-69(61-84-71(76)55-48-41-36-29-31-38-45-52-65(3)4)63-88-92(80,81)86-59-68(75)60-87-93(82,83)89-64-70(62-85-72(77)56-49-42-37-30-32-39-46-53-66(5)6)91-74(79)58-51-44-35-28-25-22-19-18-20-23-26-33-40-47-54-67(7)9-2/h14-17,65-70,75H,8-13,18-64H2,1-7H3,(H,80,81)(H,82,83)/b15-14-,17-16-/t67?,68?,69-,70-/m1/s1. The molecular weight excluding hydrogens is 1220 g/mol. The summed E-state index contributed by atoms with van der Waals surface area (Å²) in [6.07, 6.45) is 52.3. The Morgan fingerprint density at radius 3 is 0.957 bits per heavy atom. The van der Waals surface area contributed by atoms with Gasteiger partial charge in [0.05, 0.1) is 26.4 Å². The molecule has 0 amide bonds. The maximum absolute atomic E-state index is 13.0. The Hall–Kier alpha value is -2.46. The fraction of sp³-hybridized carbons (Fsp3) is 0.892. The summed E-state index contributed by atoms with van der Waals surface area (Å²) in [6, 6.07) is 0. The van der Waals surface area contributed by atoms with Crippen LogP contribution in [0.15, 0.2) is 24.3 Å². The lowest BCUT2D eigenvalue weighted by molar-refractivity contribution is -0.161. The fourth-order valence-corrected chi connectivity index (χ4v) is 12.3. The minimum absolute atomic E-state index is 0.0838. The van der Waals surface area contributed by atoms with Gasteiger partial charge in [-0.2, -0.15) is 0 Å². The number of hydrogen-bond donors (Lipinski definition) is 3. The molecule has 3 N–H and O–H groups in total. The Kier molecular flexibility index (Phi) is 62.5. The maximum Gasteiger partial charge on any atom is 0.472 e. The average molecular weight is 1360 g/mol. The van der Waals surface area contributed by atoms with Gasteiger partial charge in [-0.25, -0.2) is 9.13 Å².